The first kappa shape index (κ1) is 20.1. The first-order valence-electron chi connectivity index (χ1n) is 8.39. The average Bonchev–Trinajstić information content (AvgIpc) is 2.69. The lowest BCUT2D eigenvalue weighted by Crippen LogP contribution is -2.17. The average molecular weight is 403 g/mol. The molecule has 0 radical (unpaired) electrons. The molecular formula is C20H16F3N3O3. The minimum absolute atomic E-state index is 0.234. The van der Waals surface area contributed by atoms with Crippen molar-refractivity contribution < 1.29 is 27.4 Å². The highest BCUT2D eigenvalue weighted by molar-refractivity contribution is 6.05. The maximum atomic E-state index is 12.5. The van der Waals surface area contributed by atoms with Gasteiger partial charge in [-0.3, -0.25) is 4.79 Å². The minimum Gasteiger partial charge on any atom is -0.467 e. The molecule has 0 bridgehead atoms. The third-order valence-electron chi connectivity index (χ3n) is 3.97. The molecule has 0 saturated carbocycles. The number of ether oxygens (including phenoxy) is 2. The van der Waals surface area contributed by atoms with Gasteiger partial charge in [-0.25, -0.2) is 9.97 Å². The Morgan fingerprint density at radius 2 is 1.69 bits per heavy atom. The lowest BCUT2D eigenvalue weighted by Gasteiger charge is -2.11. The summed E-state index contributed by atoms with van der Waals surface area (Å²) in [5.74, 6) is -0.780. The summed E-state index contributed by atoms with van der Waals surface area (Å²) < 4.78 is 45.4. The van der Waals surface area contributed by atoms with E-state index in [0.717, 1.165) is 23.3 Å². The van der Waals surface area contributed by atoms with E-state index < -0.39 is 12.3 Å². The monoisotopic (exact) mass is 403 g/mol. The molecule has 1 aromatic heterocycles. The van der Waals surface area contributed by atoms with Crippen LogP contribution in [0.15, 0.2) is 54.9 Å². The van der Waals surface area contributed by atoms with Crippen LogP contribution in [0.25, 0.3) is 11.1 Å². The van der Waals surface area contributed by atoms with Gasteiger partial charge in [-0.2, -0.15) is 0 Å². The van der Waals surface area contributed by atoms with Crippen molar-refractivity contribution in [3.63, 3.8) is 0 Å². The van der Waals surface area contributed by atoms with Crippen molar-refractivity contribution >= 4 is 11.6 Å². The highest BCUT2D eigenvalue weighted by atomic mass is 19.4. The van der Waals surface area contributed by atoms with Gasteiger partial charge in [0.2, 0.25) is 0 Å². The number of hydrogen-bond acceptors (Lipinski definition) is 5. The number of nitrogens with one attached hydrogen (secondary N) is 1. The van der Waals surface area contributed by atoms with E-state index >= 15 is 0 Å². The first-order valence-corrected chi connectivity index (χ1v) is 8.39. The number of hydrogen-bond donors (Lipinski definition) is 1. The number of methoxy groups -OCH3 is 1. The van der Waals surface area contributed by atoms with Crippen LogP contribution in [0.3, 0.4) is 0 Å². The van der Waals surface area contributed by atoms with Crippen LogP contribution in [0.1, 0.15) is 15.9 Å². The summed E-state index contributed by atoms with van der Waals surface area (Å²) >= 11 is 0. The van der Waals surface area contributed by atoms with E-state index in [1.54, 1.807) is 30.6 Å². The number of amides is 1. The number of carbonyl (C=O) groups is 1. The summed E-state index contributed by atoms with van der Waals surface area (Å²) in [5.41, 5.74) is 3.11. The molecule has 3 rings (SSSR count). The topological polar surface area (TPSA) is 73.3 Å². The summed E-state index contributed by atoms with van der Waals surface area (Å²) in [6, 6.07) is 10.3. The van der Waals surface area contributed by atoms with Gasteiger partial charge >= 0.3 is 12.4 Å². The molecule has 150 valence electrons. The lowest BCUT2D eigenvalue weighted by molar-refractivity contribution is -0.274. The SMILES string of the molecule is COc1ncc(-c2cc(C(=O)Nc3ccc(OC(F)(F)F)cc3)ccc2C)cn1. The number of halogens is 3. The standard InChI is InChI=1S/C20H16F3N3O3/c1-12-3-4-13(9-17(12)14-10-24-19(28-2)25-11-14)18(27)26-15-5-7-16(8-6-15)29-20(21,22)23/h3-11H,1-2H3,(H,26,27). The van der Waals surface area contributed by atoms with Crippen molar-refractivity contribution in [3.8, 4) is 22.9 Å². The van der Waals surface area contributed by atoms with Crippen LogP contribution in [-0.4, -0.2) is 29.3 Å². The molecule has 6 nitrogen and oxygen atoms in total. The number of rotatable bonds is 5. The third-order valence-corrected chi connectivity index (χ3v) is 3.97. The van der Waals surface area contributed by atoms with Crippen molar-refractivity contribution in [2.45, 2.75) is 13.3 Å². The van der Waals surface area contributed by atoms with E-state index in [4.69, 9.17) is 4.74 Å². The Hall–Kier alpha value is -3.62. The number of anilines is 1. The predicted octanol–water partition coefficient (Wildman–Crippen LogP) is 4.61. The fraction of sp³-hybridized carbons (Fsp3) is 0.150. The van der Waals surface area contributed by atoms with Crippen molar-refractivity contribution in [3.05, 3.63) is 66.0 Å². The number of nitrogens with zero attached hydrogens (tertiary/aromatic N) is 2. The van der Waals surface area contributed by atoms with Crippen LogP contribution >= 0.6 is 0 Å². The van der Waals surface area contributed by atoms with E-state index in [0.29, 0.717) is 16.8 Å². The van der Waals surface area contributed by atoms with E-state index in [9.17, 15) is 18.0 Å². The van der Waals surface area contributed by atoms with Gasteiger partial charge in [-0.05, 0) is 54.4 Å². The fourth-order valence-electron chi connectivity index (χ4n) is 2.58. The summed E-state index contributed by atoms with van der Waals surface area (Å²) in [4.78, 5) is 20.7. The molecule has 2 aromatic carbocycles. The summed E-state index contributed by atoms with van der Waals surface area (Å²) in [5, 5.41) is 2.64. The highest BCUT2D eigenvalue weighted by Crippen LogP contribution is 2.26. The van der Waals surface area contributed by atoms with Gasteiger partial charge in [-0.15, -0.1) is 13.2 Å². The van der Waals surface area contributed by atoms with Gasteiger partial charge in [0.05, 0.1) is 7.11 Å². The second-order valence-corrected chi connectivity index (χ2v) is 6.01. The van der Waals surface area contributed by atoms with Crippen molar-refractivity contribution in [1.82, 2.24) is 9.97 Å². The van der Waals surface area contributed by atoms with Crippen molar-refractivity contribution in [2.24, 2.45) is 0 Å². The van der Waals surface area contributed by atoms with Crippen LogP contribution < -0.4 is 14.8 Å². The van der Waals surface area contributed by atoms with Gasteiger partial charge in [0.25, 0.3) is 5.91 Å². The largest absolute Gasteiger partial charge is 0.573 e. The normalized spacial score (nSPS) is 11.1. The van der Waals surface area contributed by atoms with Crippen molar-refractivity contribution in [2.75, 3.05) is 12.4 Å². The molecule has 0 aliphatic carbocycles. The van der Waals surface area contributed by atoms with E-state index in [-0.39, 0.29) is 11.8 Å². The zero-order valence-electron chi connectivity index (χ0n) is 15.4. The summed E-state index contributed by atoms with van der Waals surface area (Å²) in [6.07, 6.45) is -1.58. The second kappa shape index (κ2) is 8.17. The molecular weight excluding hydrogens is 387 g/mol. The number of aryl methyl sites for hydroxylation is 1. The van der Waals surface area contributed by atoms with Crippen LogP contribution in [0.2, 0.25) is 0 Å². The molecule has 0 aliphatic heterocycles. The molecule has 0 aliphatic rings. The molecule has 0 saturated heterocycles. The highest BCUT2D eigenvalue weighted by Gasteiger charge is 2.30. The fourth-order valence-corrected chi connectivity index (χ4v) is 2.58. The molecule has 0 unspecified atom stereocenters. The Balaban J connectivity index is 1.77. The molecule has 0 fully saturated rings. The molecule has 1 heterocycles. The zero-order valence-corrected chi connectivity index (χ0v) is 15.4. The van der Waals surface area contributed by atoms with Gasteiger partial charge in [-0.1, -0.05) is 6.07 Å². The third kappa shape index (κ3) is 5.22. The van der Waals surface area contributed by atoms with Crippen LogP contribution in [0.4, 0.5) is 18.9 Å². The Kier molecular flexibility index (Phi) is 5.67. The quantitative estimate of drug-likeness (QED) is 0.673. The van der Waals surface area contributed by atoms with Crippen LogP contribution in [-0.2, 0) is 0 Å². The van der Waals surface area contributed by atoms with Gasteiger partial charge < -0.3 is 14.8 Å². The van der Waals surface area contributed by atoms with E-state index in [1.165, 1.54) is 19.2 Å². The number of alkyl halides is 3. The molecule has 1 N–H and O–H groups in total. The Morgan fingerprint density at radius 1 is 1.03 bits per heavy atom. The van der Waals surface area contributed by atoms with Crippen LogP contribution in [0, 0.1) is 6.92 Å². The Labute approximate surface area is 164 Å². The Bertz CT molecular complexity index is 1000. The number of carbonyl (C=O) groups excluding carboxylic acids is 1. The number of aromatic nitrogens is 2. The van der Waals surface area contributed by atoms with E-state index in [2.05, 4.69) is 20.0 Å². The Morgan fingerprint density at radius 3 is 2.28 bits per heavy atom. The zero-order chi connectivity index (χ0) is 21.0. The number of benzene rings is 2. The smallest absolute Gasteiger partial charge is 0.467 e. The summed E-state index contributed by atoms with van der Waals surface area (Å²) in [6.45, 7) is 1.89. The summed E-state index contributed by atoms with van der Waals surface area (Å²) in [7, 11) is 1.47. The molecule has 0 spiro atoms. The first-order chi connectivity index (χ1) is 13.7. The van der Waals surface area contributed by atoms with Crippen LogP contribution in [0.5, 0.6) is 11.8 Å². The van der Waals surface area contributed by atoms with Crippen molar-refractivity contribution in [1.29, 1.82) is 0 Å². The van der Waals surface area contributed by atoms with E-state index in [1.807, 2.05) is 6.92 Å². The maximum absolute atomic E-state index is 12.5. The molecule has 9 heteroatoms. The van der Waals surface area contributed by atoms with Gasteiger partial charge in [0.1, 0.15) is 5.75 Å². The molecule has 1 amide bonds. The lowest BCUT2D eigenvalue weighted by atomic mass is 10.00. The minimum atomic E-state index is -4.77. The maximum Gasteiger partial charge on any atom is 0.573 e. The predicted molar refractivity (Wildman–Crippen MR) is 99.8 cm³/mol. The molecule has 3 aromatic rings. The van der Waals surface area contributed by atoms with Gasteiger partial charge in [0.15, 0.2) is 0 Å². The van der Waals surface area contributed by atoms with Gasteiger partial charge in [0, 0.05) is 29.2 Å². The molecule has 29 heavy (non-hydrogen) atoms. The second-order valence-electron chi connectivity index (χ2n) is 6.01. The molecule has 0 atom stereocenters.